The molecule has 156 valence electrons. The minimum Gasteiger partial charge on any atom is -0.325 e. The second-order valence-electron chi connectivity index (χ2n) is 7.04. The highest BCUT2D eigenvalue weighted by atomic mass is 79.9. The largest absolute Gasteiger partial charge is 0.325 e. The average Bonchev–Trinajstić information content (AvgIpc) is 2.75. The maximum absolute atomic E-state index is 13.2. The van der Waals surface area contributed by atoms with Crippen LogP contribution in [0.3, 0.4) is 0 Å². The van der Waals surface area contributed by atoms with Gasteiger partial charge in [0.2, 0.25) is 5.91 Å². The van der Waals surface area contributed by atoms with Crippen LogP contribution in [-0.2, 0) is 4.79 Å². The number of aromatic nitrogens is 3. The Morgan fingerprint density at radius 3 is 2.68 bits per heavy atom. The number of amides is 1. The second-order valence-corrected chi connectivity index (χ2v) is 8.90. The van der Waals surface area contributed by atoms with Crippen molar-refractivity contribution in [1.82, 2.24) is 14.5 Å². The zero-order valence-corrected chi connectivity index (χ0v) is 19.3. The van der Waals surface area contributed by atoms with E-state index >= 15 is 0 Å². The Morgan fingerprint density at radius 2 is 1.94 bits per heavy atom. The van der Waals surface area contributed by atoms with E-state index in [1.807, 2.05) is 44.2 Å². The van der Waals surface area contributed by atoms with Crippen LogP contribution in [0.25, 0.3) is 16.7 Å². The van der Waals surface area contributed by atoms with Gasteiger partial charge in [0.25, 0.3) is 5.56 Å². The fourth-order valence-electron chi connectivity index (χ4n) is 3.09. The summed E-state index contributed by atoms with van der Waals surface area (Å²) in [4.78, 5) is 34.8. The van der Waals surface area contributed by atoms with Gasteiger partial charge in [-0.3, -0.25) is 9.59 Å². The van der Waals surface area contributed by atoms with Crippen LogP contribution < -0.4 is 10.9 Å². The monoisotopic (exact) mass is 494 g/mol. The molecule has 4 aromatic rings. The molecular formula is C23H19BrN4O2S. The number of aryl methyl sites for hydroxylation is 2. The summed E-state index contributed by atoms with van der Waals surface area (Å²) in [5.41, 5.74) is 3.07. The third-order valence-corrected chi connectivity index (χ3v) is 6.10. The predicted octanol–water partition coefficient (Wildman–Crippen LogP) is 4.89. The molecule has 2 heterocycles. The smallest absolute Gasteiger partial charge is 0.267 e. The Hall–Kier alpha value is -2.97. The fraction of sp³-hybridized carbons (Fsp3) is 0.130. The van der Waals surface area contributed by atoms with Crippen molar-refractivity contribution < 1.29 is 4.79 Å². The van der Waals surface area contributed by atoms with E-state index in [-0.39, 0.29) is 17.2 Å². The lowest BCUT2D eigenvalue weighted by Crippen LogP contribution is -2.23. The third-order valence-electron chi connectivity index (χ3n) is 4.66. The number of halogens is 1. The molecule has 1 amide bonds. The molecule has 4 rings (SSSR count). The van der Waals surface area contributed by atoms with Gasteiger partial charge in [0.05, 0.1) is 16.7 Å². The number of carbonyl (C=O) groups excluding carboxylic acids is 1. The molecule has 0 spiro atoms. The maximum Gasteiger partial charge on any atom is 0.267 e. The fourth-order valence-corrected chi connectivity index (χ4v) is 4.36. The number of thioether (sulfide) groups is 1. The zero-order chi connectivity index (χ0) is 22.0. The minimum atomic E-state index is -0.214. The summed E-state index contributed by atoms with van der Waals surface area (Å²) in [5.74, 6) is 0.397. The van der Waals surface area contributed by atoms with Crippen LogP contribution in [0, 0.1) is 13.8 Å². The van der Waals surface area contributed by atoms with Gasteiger partial charge < -0.3 is 5.32 Å². The minimum absolute atomic E-state index is 0.103. The van der Waals surface area contributed by atoms with E-state index in [1.54, 1.807) is 30.5 Å². The molecule has 0 bridgehead atoms. The third kappa shape index (κ3) is 4.70. The average molecular weight is 495 g/mol. The normalized spacial score (nSPS) is 10.9. The molecule has 8 heteroatoms. The topological polar surface area (TPSA) is 76.9 Å². The van der Waals surface area contributed by atoms with Gasteiger partial charge in [-0.15, -0.1) is 0 Å². The van der Waals surface area contributed by atoms with Crippen molar-refractivity contribution in [3.8, 4) is 5.82 Å². The molecule has 0 unspecified atom stereocenters. The molecule has 0 radical (unpaired) electrons. The maximum atomic E-state index is 13.2. The molecule has 0 atom stereocenters. The number of rotatable bonds is 5. The Balaban J connectivity index is 1.66. The molecule has 0 fully saturated rings. The van der Waals surface area contributed by atoms with Crippen molar-refractivity contribution in [3.63, 3.8) is 0 Å². The number of hydrogen-bond donors (Lipinski definition) is 1. The first kappa shape index (κ1) is 21.3. The van der Waals surface area contributed by atoms with Gasteiger partial charge in [0.15, 0.2) is 5.16 Å². The highest BCUT2D eigenvalue weighted by Crippen LogP contribution is 2.23. The number of nitrogens with zero attached hydrogens (tertiary/aromatic N) is 3. The molecule has 0 saturated heterocycles. The van der Waals surface area contributed by atoms with Crippen molar-refractivity contribution in [3.05, 3.63) is 86.7 Å². The van der Waals surface area contributed by atoms with Crippen LogP contribution in [0.15, 0.2) is 75.2 Å². The standard InChI is InChI=1S/C23H19BrN4O2S/c1-14-7-10-20(25-12-14)28-22(30)17-5-3-4-6-19(17)27-23(28)31-13-21(29)26-18-9-8-16(24)11-15(18)2/h3-12H,13H2,1-2H3,(H,26,29). The molecule has 0 aliphatic heterocycles. The molecule has 2 aromatic heterocycles. The van der Waals surface area contributed by atoms with Crippen molar-refractivity contribution in [2.24, 2.45) is 0 Å². The second kappa shape index (κ2) is 9.03. The van der Waals surface area contributed by atoms with Gasteiger partial charge in [-0.2, -0.15) is 0 Å². The lowest BCUT2D eigenvalue weighted by atomic mass is 10.2. The molecule has 0 saturated carbocycles. The Kier molecular flexibility index (Phi) is 6.20. The lowest BCUT2D eigenvalue weighted by Gasteiger charge is -2.13. The number of benzene rings is 2. The summed E-state index contributed by atoms with van der Waals surface area (Å²) in [6.07, 6.45) is 1.70. The van der Waals surface area contributed by atoms with E-state index in [1.165, 1.54) is 16.3 Å². The van der Waals surface area contributed by atoms with Gasteiger partial charge in [-0.05, 0) is 61.4 Å². The summed E-state index contributed by atoms with van der Waals surface area (Å²) in [6, 6.07) is 16.5. The molecule has 0 aliphatic carbocycles. The summed E-state index contributed by atoms with van der Waals surface area (Å²) >= 11 is 4.62. The number of pyridine rings is 1. The Morgan fingerprint density at radius 1 is 1.13 bits per heavy atom. The van der Waals surface area contributed by atoms with Crippen LogP contribution in [-0.4, -0.2) is 26.2 Å². The van der Waals surface area contributed by atoms with Crippen LogP contribution in [0.4, 0.5) is 5.69 Å². The number of para-hydroxylation sites is 1. The Labute approximate surface area is 191 Å². The van der Waals surface area contributed by atoms with E-state index < -0.39 is 0 Å². The van der Waals surface area contributed by atoms with E-state index in [0.29, 0.717) is 21.9 Å². The van der Waals surface area contributed by atoms with E-state index in [0.717, 1.165) is 21.3 Å². The lowest BCUT2D eigenvalue weighted by molar-refractivity contribution is -0.113. The highest BCUT2D eigenvalue weighted by Gasteiger charge is 2.16. The van der Waals surface area contributed by atoms with Crippen molar-refractivity contribution in [2.45, 2.75) is 19.0 Å². The number of carbonyl (C=O) groups is 1. The van der Waals surface area contributed by atoms with E-state index in [9.17, 15) is 9.59 Å². The number of nitrogens with one attached hydrogen (secondary N) is 1. The number of fused-ring (bicyclic) bond motifs is 1. The van der Waals surface area contributed by atoms with Gasteiger partial charge in [0, 0.05) is 16.4 Å². The van der Waals surface area contributed by atoms with Crippen molar-refractivity contribution in [1.29, 1.82) is 0 Å². The highest BCUT2D eigenvalue weighted by molar-refractivity contribution is 9.10. The van der Waals surface area contributed by atoms with Crippen molar-refractivity contribution >= 4 is 50.2 Å². The number of anilines is 1. The predicted molar refractivity (Wildman–Crippen MR) is 128 cm³/mol. The van der Waals surface area contributed by atoms with Crippen molar-refractivity contribution in [2.75, 3.05) is 11.1 Å². The van der Waals surface area contributed by atoms with Crippen LogP contribution in [0.1, 0.15) is 11.1 Å². The van der Waals surface area contributed by atoms with Gasteiger partial charge >= 0.3 is 0 Å². The zero-order valence-electron chi connectivity index (χ0n) is 16.9. The van der Waals surface area contributed by atoms with Gasteiger partial charge in [0.1, 0.15) is 5.82 Å². The SMILES string of the molecule is Cc1ccc(-n2c(SCC(=O)Nc3ccc(Br)cc3C)nc3ccccc3c2=O)nc1. The summed E-state index contributed by atoms with van der Waals surface area (Å²) < 4.78 is 2.41. The first-order valence-electron chi connectivity index (χ1n) is 9.56. The molecule has 2 aromatic carbocycles. The quantitative estimate of drug-likeness (QED) is 0.315. The van der Waals surface area contributed by atoms with Gasteiger partial charge in [-0.1, -0.05) is 45.9 Å². The Bertz CT molecular complexity index is 1340. The van der Waals surface area contributed by atoms with Crippen LogP contribution >= 0.6 is 27.7 Å². The summed E-state index contributed by atoms with van der Waals surface area (Å²) in [6.45, 7) is 3.86. The number of hydrogen-bond acceptors (Lipinski definition) is 5. The van der Waals surface area contributed by atoms with Crippen LogP contribution in [0.2, 0.25) is 0 Å². The summed E-state index contributed by atoms with van der Waals surface area (Å²) in [7, 11) is 0. The first-order valence-corrected chi connectivity index (χ1v) is 11.3. The molecule has 1 N–H and O–H groups in total. The van der Waals surface area contributed by atoms with E-state index in [2.05, 4.69) is 31.2 Å². The van der Waals surface area contributed by atoms with E-state index in [4.69, 9.17) is 0 Å². The van der Waals surface area contributed by atoms with Crippen LogP contribution in [0.5, 0.6) is 0 Å². The molecule has 0 aliphatic rings. The molecule has 6 nitrogen and oxygen atoms in total. The molecular weight excluding hydrogens is 476 g/mol. The summed E-state index contributed by atoms with van der Waals surface area (Å²) in [5, 5.41) is 3.84. The molecule has 31 heavy (non-hydrogen) atoms. The van der Waals surface area contributed by atoms with Gasteiger partial charge in [-0.25, -0.2) is 14.5 Å². The first-order chi connectivity index (χ1) is 14.9.